The van der Waals surface area contributed by atoms with E-state index in [0.717, 1.165) is 12.1 Å². The molecule has 0 N–H and O–H groups in total. The topological polar surface area (TPSA) is 22.1 Å². The van der Waals surface area contributed by atoms with Crippen LogP contribution in [0.25, 0.3) is 0 Å². The zero-order chi connectivity index (χ0) is 8.27. The second kappa shape index (κ2) is 3.58. The Hall–Kier alpha value is -0.760. The number of hydrogen-bond acceptors (Lipinski definition) is 2. The van der Waals surface area contributed by atoms with Gasteiger partial charge in [0.1, 0.15) is 0 Å². The number of rotatable bonds is 2. The number of aromatic nitrogens is 1. The van der Waals surface area contributed by atoms with Gasteiger partial charge in [-0.1, -0.05) is 18.5 Å². The number of nitrogens with zero attached hydrogens (tertiary/aromatic N) is 1. The predicted molar refractivity (Wildman–Crippen MR) is 45.2 cm³/mol. The van der Waals surface area contributed by atoms with Crippen LogP contribution in [0.1, 0.15) is 12.6 Å². The third-order valence-corrected chi connectivity index (χ3v) is 1.73. The number of pyridine rings is 1. The maximum Gasteiger partial charge on any atom is 0.171 e. The summed E-state index contributed by atoms with van der Waals surface area (Å²) >= 11 is 5.77. The Morgan fingerprint density at radius 1 is 1.55 bits per heavy atom. The molecule has 0 aliphatic carbocycles. The van der Waals surface area contributed by atoms with E-state index in [1.54, 1.807) is 7.11 Å². The van der Waals surface area contributed by atoms with Gasteiger partial charge in [0.15, 0.2) is 10.9 Å². The first kappa shape index (κ1) is 8.34. The van der Waals surface area contributed by atoms with E-state index in [0.29, 0.717) is 10.9 Å². The summed E-state index contributed by atoms with van der Waals surface area (Å²) in [7, 11) is 1.58. The lowest BCUT2D eigenvalue weighted by atomic mass is 10.3. The summed E-state index contributed by atoms with van der Waals surface area (Å²) in [5, 5.41) is 0.437. The number of ether oxygens (including phenoxy) is 1. The molecule has 2 nitrogen and oxygen atoms in total. The molecule has 1 aromatic heterocycles. The van der Waals surface area contributed by atoms with E-state index in [9.17, 15) is 0 Å². The van der Waals surface area contributed by atoms with Crippen LogP contribution in [0, 0.1) is 0 Å². The van der Waals surface area contributed by atoms with Crippen molar-refractivity contribution in [3.63, 3.8) is 0 Å². The molecule has 0 atom stereocenters. The van der Waals surface area contributed by atoms with Crippen molar-refractivity contribution in [2.45, 2.75) is 13.3 Å². The summed E-state index contributed by atoms with van der Waals surface area (Å²) in [6.45, 7) is 2.03. The van der Waals surface area contributed by atoms with Gasteiger partial charge in [0.2, 0.25) is 0 Å². The van der Waals surface area contributed by atoms with Crippen LogP contribution in [0.3, 0.4) is 0 Å². The first-order valence-electron chi connectivity index (χ1n) is 3.47. The smallest absolute Gasteiger partial charge is 0.171 e. The molecule has 1 rings (SSSR count). The molecular weight excluding hydrogens is 162 g/mol. The highest BCUT2D eigenvalue weighted by Crippen LogP contribution is 2.21. The Labute approximate surface area is 71.2 Å². The van der Waals surface area contributed by atoms with Crippen LogP contribution in [-0.4, -0.2) is 12.1 Å². The summed E-state index contributed by atoms with van der Waals surface area (Å²) in [4.78, 5) is 4.10. The fourth-order valence-corrected chi connectivity index (χ4v) is 1.06. The van der Waals surface area contributed by atoms with Crippen LogP contribution >= 0.6 is 11.6 Å². The lowest BCUT2D eigenvalue weighted by Crippen LogP contribution is -1.90. The van der Waals surface area contributed by atoms with E-state index in [1.807, 2.05) is 19.1 Å². The molecule has 0 bridgehead atoms. The number of aryl methyl sites for hydroxylation is 1. The van der Waals surface area contributed by atoms with Gasteiger partial charge in [-0.25, -0.2) is 4.98 Å². The number of methoxy groups -OCH3 is 1. The molecule has 0 aliphatic heterocycles. The predicted octanol–water partition coefficient (Wildman–Crippen LogP) is 2.31. The molecule has 1 heterocycles. The molecular formula is C8H10ClNO. The maximum atomic E-state index is 5.77. The molecule has 0 fully saturated rings. The van der Waals surface area contributed by atoms with Gasteiger partial charge >= 0.3 is 0 Å². The molecule has 0 unspecified atom stereocenters. The van der Waals surface area contributed by atoms with E-state index in [1.165, 1.54) is 0 Å². The van der Waals surface area contributed by atoms with E-state index >= 15 is 0 Å². The standard InChI is InChI=1S/C8H10ClNO/c1-3-6-4-5-7(11-2)8(9)10-6/h4-5H,3H2,1-2H3. The molecule has 0 saturated carbocycles. The highest BCUT2D eigenvalue weighted by atomic mass is 35.5. The van der Waals surface area contributed by atoms with Crippen LogP contribution in [0.5, 0.6) is 5.75 Å². The van der Waals surface area contributed by atoms with Crippen LogP contribution in [-0.2, 0) is 6.42 Å². The highest BCUT2D eigenvalue weighted by molar-refractivity contribution is 6.30. The number of hydrogen-bond donors (Lipinski definition) is 0. The molecule has 60 valence electrons. The van der Waals surface area contributed by atoms with Gasteiger partial charge in [-0.3, -0.25) is 0 Å². The largest absolute Gasteiger partial charge is 0.494 e. The summed E-state index contributed by atoms with van der Waals surface area (Å²) in [6.07, 6.45) is 0.893. The Morgan fingerprint density at radius 3 is 2.73 bits per heavy atom. The van der Waals surface area contributed by atoms with Crippen molar-refractivity contribution in [2.75, 3.05) is 7.11 Å². The van der Waals surface area contributed by atoms with Gasteiger partial charge in [-0.05, 0) is 18.6 Å². The molecule has 0 aliphatic rings. The quantitative estimate of drug-likeness (QED) is 0.638. The first-order valence-corrected chi connectivity index (χ1v) is 3.85. The minimum Gasteiger partial charge on any atom is -0.494 e. The summed E-state index contributed by atoms with van der Waals surface area (Å²) < 4.78 is 4.95. The molecule has 3 heteroatoms. The Bertz CT molecular complexity index is 250. The third-order valence-electron chi connectivity index (χ3n) is 1.45. The lowest BCUT2D eigenvalue weighted by Gasteiger charge is -2.02. The van der Waals surface area contributed by atoms with Gasteiger partial charge in [0.25, 0.3) is 0 Å². The second-order valence-corrected chi connectivity index (χ2v) is 2.51. The van der Waals surface area contributed by atoms with Crippen molar-refractivity contribution < 1.29 is 4.74 Å². The second-order valence-electron chi connectivity index (χ2n) is 2.15. The molecule has 0 spiro atoms. The summed E-state index contributed by atoms with van der Waals surface area (Å²) in [5.74, 6) is 0.629. The fourth-order valence-electron chi connectivity index (χ4n) is 0.808. The van der Waals surface area contributed by atoms with E-state index in [4.69, 9.17) is 16.3 Å². The van der Waals surface area contributed by atoms with Crippen molar-refractivity contribution in [3.05, 3.63) is 23.0 Å². The Balaban J connectivity index is 2.99. The molecule has 11 heavy (non-hydrogen) atoms. The molecule has 0 saturated heterocycles. The van der Waals surface area contributed by atoms with Crippen LogP contribution in [0.15, 0.2) is 12.1 Å². The van der Waals surface area contributed by atoms with E-state index in [-0.39, 0.29) is 0 Å². The molecule has 0 radical (unpaired) electrons. The van der Waals surface area contributed by atoms with Gasteiger partial charge < -0.3 is 4.74 Å². The molecule has 0 aromatic carbocycles. The van der Waals surface area contributed by atoms with Crippen LogP contribution in [0.2, 0.25) is 5.15 Å². The van der Waals surface area contributed by atoms with Crippen molar-refractivity contribution >= 4 is 11.6 Å². The molecule has 0 amide bonds. The van der Waals surface area contributed by atoms with Crippen molar-refractivity contribution in [2.24, 2.45) is 0 Å². The van der Waals surface area contributed by atoms with Crippen LogP contribution < -0.4 is 4.74 Å². The Morgan fingerprint density at radius 2 is 2.27 bits per heavy atom. The minimum atomic E-state index is 0.437. The maximum absolute atomic E-state index is 5.77. The lowest BCUT2D eigenvalue weighted by molar-refractivity contribution is 0.413. The van der Waals surface area contributed by atoms with Crippen molar-refractivity contribution in [3.8, 4) is 5.75 Å². The van der Waals surface area contributed by atoms with Crippen LogP contribution in [0.4, 0.5) is 0 Å². The van der Waals surface area contributed by atoms with Crippen molar-refractivity contribution in [1.29, 1.82) is 0 Å². The zero-order valence-corrected chi connectivity index (χ0v) is 7.35. The van der Waals surface area contributed by atoms with Gasteiger partial charge in [0.05, 0.1) is 7.11 Å². The monoisotopic (exact) mass is 171 g/mol. The van der Waals surface area contributed by atoms with Gasteiger partial charge in [-0.15, -0.1) is 0 Å². The number of halogens is 1. The molecule has 1 aromatic rings. The summed E-state index contributed by atoms with van der Waals surface area (Å²) in [6, 6.07) is 3.74. The van der Waals surface area contributed by atoms with Gasteiger partial charge in [0, 0.05) is 5.69 Å². The normalized spacial score (nSPS) is 9.73. The fraction of sp³-hybridized carbons (Fsp3) is 0.375. The van der Waals surface area contributed by atoms with Crippen molar-refractivity contribution in [1.82, 2.24) is 4.98 Å². The van der Waals surface area contributed by atoms with E-state index in [2.05, 4.69) is 4.98 Å². The van der Waals surface area contributed by atoms with Gasteiger partial charge in [-0.2, -0.15) is 0 Å². The summed E-state index contributed by atoms with van der Waals surface area (Å²) in [5.41, 5.74) is 0.982. The van der Waals surface area contributed by atoms with E-state index < -0.39 is 0 Å². The minimum absolute atomic E-state index is 0.437. The average Bonchev–Trinajstić information content (AvgIpc) is 2.04. The SMILES string of the molecule is CCc1ccc(OC)c(Cl)n1. The third kappa shape index (κ3) is 1.84. The first-order chi connectivity index (χ1) is 5.27. The Kier molecular flexibility index (Phi) is 2.71. The zero-order valence-electron chi connectivity index (χ0n) is 6.60. The average molecular weight is 172 g/mol. The highest BCUT2D eigenvalue weighted by Gasteiger charge is 2.00.